The van der Waals surface area contributed by atoms with Gasteiger partial charge in [0.25, 0.3) is 5.92 Å². The van der Waals surface area contributed by atoms with Gasteiger partial charge in [-0.1, -0.05) is 30.3 Å². The van der Waals surface area contributed by atoms with Gasteiger partial charge in [0.05, 0.1) is 12.1 Å². The highest BCUT2D eigenvalue weighted by Gasteiger charge is 2.28. The molecule has 29 heavy (non-hydrogen) atoms. The molecule has 0 saturated carbocycles. The Balaban J connectivity index is 1.41. The zero-order chi connectivity index (χ0) is 20.4. The van der Waals surface area contributed by atoms with Crippen molar-refractivity contribution in [2.45, 2.75) is 38.7 Å². The number of benzene rings is 2. The smallest absolute Gasteiger partial charge is 0.257 e. The van der Waals surface area contributed by atoms with Crippen LogP contribution < -0.4 is 4.74 Å². The highest BCUT2D eigenvalue weighted by atomic mass is 19.3. The lowest BCUT2D eigenvalue weighted by Gasteiger charge is -2.33. The number of fused-ring (bicyclic) bond motifs is 1. The van der Waals surface area contributed by atoms with E-state index in [0.29, 0.717) is 13.1 Å². The predicted octanol–water partition coefficient (Wildman–Crippen LogP) is 5.71. The predicted molar refractivity (Wildman–Crippen MR) is 113 cm³/mol. The number of halogens is 2. The second-order valence-electron chi connectivity index (χ2n) is 8.00. The van der Waals surface area contributed by atoms with E-state index in [4.69, 9.17) is 4.74 Å². The summed E-state index contributed by atoms with van der Waals surface area (Å²) in [6.07, 6.45) is 3.44. The molecule has 1 aromatic heterocycles. The third-order valence-corrected chi connectivity index (χ3v) is 5.53. The van der Waals surface area contributed by atoms with Gasteiger partial charge in [0.2, 0.25) is 0 Å². The number of pyridine rings is 1. The molecule has 1 aliphatic rings. The van der Waals surface area contributed by atoms with Crippen molar-refractivity contribution in [3.8, 4) is 16.9 Å². The van der Waals surface area contributed by atoms with Crippen molar-refractivity contribution in [2.24, 2.45) is 0 Å². The Morgan fingerprint density at radius 3 is 2.48 bits per heavy atom. The van der Waals surface area contributed by atoms with Crippen LogP contribution in [0, 0.1) is 6.92 Å². The number of ether oxygens (including phenoxy) is 1. The maximum Gasteiger partial charge on any atom is 0.257 e. The van der Waals surface area contributed by atoms with Crippen LogP contribution in [0.3, 0.4) is 0 Å². The van der Waals surface area contributed by atoms with Crippen molar-refractivity contribution in [3.05, 3.63) is 60.3 Å². The number of nitrogens with zero attached hydrogens (tertiary/aromatic N) is 2. The monoisotopic (exact) mass is 396 g/mol. The third kappa shape index (κ3) is 4.73. The lowest BCUT2D eigenvalue weighted by Crippen LogP contribution is -2.43. The molecule has 0 atom stereocenters. The van der Waals surface area contributed by atoms with Crippen LogP contribution in [0.4, 0.5) is 8.78 Å². The average Bonchev–Trinajstić information content (AvgIpc) is 2.70. The second kappa shape index (κ2) is 8.07. The van der Waals surface area contributed by atoms with Crippen LogP contribution in [0.1, 0.15) is 25.3 Å². The van der Waals surface area contributed by atoms with E-state index in [1.165, 1.54) is 0 Å². The summed E-state index contributed by atoms with van der Waals surface area (Å²) in [5, 5.41) is 1.14. The van der Waals surface area contributed by atoms with Gasteiger partial charge in [-0.15, -0.1) is 0 Å². The molecular formula is C24H26F2N2O. The fraction of sp³-hybridized carbons (Fsp3) is 0.375. The standard InChI is InChI=1S/C24H26F2N2O/c1-17-22(10-7-19-4-3-13-27-23(17)19)18-5-8-20(9-6-18)29-21-11-14-28(15-12-21)16-24(2,25)26/h3-10,13,21H,11-12,14-16H2,1-2H3. The van der Waals surface area contributed by atoms with Crippen molar-refractivity contribution < 1.29 is 13.5 Å². The van der Waals surface area contributed by atoms with Crippen molar-refractivity contribution in [3.63, 3.8) is 0 Å². The number of aryl methyl sites for hydroxylation is 1. The lowest BCUT2D eigenvalue weighted by molar-refractivity contribution is -0.0274. The molecule has 3 nitrogen and oxygen atoms in total. The largest absolute Gasteiger partial charge is 0.490 e. The first-order valence-corrected chi connectivity index (χ1v) is 10.1. The minimum Gasteiger partial charge on any atom is -0.490 e. The Morgan fingerprint density at radius 1 is 1.07 bits per heavy atom. The maximum atomic E-state index is 13.2. The summed E-state index contributed by atoms with van der Waals surface area (Å²) in [6.45, 7) is 4.20. The van der Waals surface area contributed by atoms with Crippen molar-refractivity contribution in [1.29, 1.82) is 0 Å². The zero-order valence-corrected chi connectivity index (χ0v) is 16.9. The van der Waals surface area contributed by atoms with E-state index in [2.05, 4.69) is 42.2 Å². The highest BCUT2D eigenvalue weighted by molar-refractivity contribution is 5.88. The molecule has 3 aromatic rings. The Bertz CT molecular complexity index is 974. The van der Waals surface area contributed by atoms with E-state index in [-0.39, 0.29) is 12.6 Å². The molecule has 0 N–H and O–H groups in total. The summed E-state index contributed by atoms with van der Waals surface area (Å²) in [7, 11) is 0. The number of hydrogen-bond acceptors (Lipinski definition) is 3. The van der Waals surface area contributed by atoms with Crippen molar-refractivity contribution in [2.75, 3.05) is 19.6 Å². The summed E-state index contributed by atoms with van der Waals surface area (Å²) < 4.78 is 32.4. The maximum absolute atomic E-state index is 13.2. The van der Waals surface area contributed by atoms with Gasteiger partial charge in [0.15, 0.2) is 0 Å². The van der Waals surface area contributed by atoms with E-state index in [9.17, 15) is 8.78 Å². The molecule has 0 spiro atoms. The van der Waals surface area contributed by atoms with Crippen LogP contribution in [0.2, 0.25) is 0 Å². The van der Waals surface area contributed by atoms with Gasteiger partial charge in [-0.3, -0.25) is 9.88 Å². The molecule has 4 rings (SSSR count). The molecule has 1 fully saturated rings. The Labute approximate surface area is 170 Å². The molecule has 1 saturated heterocycles. The van der Waals surface area contributed by atoms with Crippen LogP contribution >= 0.6 is 0 Å². The van der Waals surface area contributed by atoms with Crippen LogP contribution in [0.15, 0.2) is 54.7 Å². The lowest BCUT2D eigenvalue weighted by atomic mass is 9.98. The van der Waals surface area contributed by atoms with Gasteiger partial charge >= 0.3 is 0 Å². The quantitative estimate of drug-likeness (QED) is 0.552. The van der Waals surface area contributed by atoms with Crippen molar-refractivity contribution >= 4 is 10.9 Å². The fourth-order valence-electron chi connectivity index (χ4n) is 4.09. The van der Waals surface area contributed by atoms with Gasteiger partial charge in [-0.25, -0.2) is 8.78 Å². The first kappa shape index (κ1) is 19.8. The summed E-state index contributed by atoms with van der Waals surface area (Å²) >= 11 is 0. The van der Waals surface area contributed by atoms with Gasteiger partial charge < -0.3 is 4.74 Å². The van der Waals surface area contributed by atoms with Gasteiger partial charge in [0, 0.05) is 31.6 Å². The number of aromatic nitrogens is 1. The van der Waals surface area contributed by atoms with E-state index < -0.39 is 5.92 Å². The Hall–Kier alpha value is -2.53. The normalized spacial score (nSPS) is 16.3. The van der Waals surface area contributed by atoms with Crippen LogP contribution in [0.25, 0.3) is 22.0 Å². The van der Waals surface area contributed by atoms with Crippen LogP contribution in [-0.4, -0.2) is 41.5 Å². The van der Waals surface area contributed by atoms with Crippen LogP contribution in [0.5, 0.6) is 5.75 Å². The van der Waals surface area contributed by atoms with Gasteiger partial charge in [-0.2, -0.15) is 0 Å². The molecule has 0 bridgehead atoms. The molecule has 1 aliphatic heterocycles. The molecule has 0 radical (unpaired) electrons. The van der Waals surface area contributed by atoms with E-state index >= 15 is 0 Å². The summed E-state index contributed by atoms with van der Waals surface area (Å²) in [4.78, 5) is 6.33. The zero-order valence-electron chi connectivity index (χ0n) is 16.9. The minimum atomic E-state index is -2.64. The highest BCUT2D eigenvalue weighted by Crippen LogP contribution is 2.30. The molecule has 5 heteroatoms. The Morgan fingerprint density at radius 2 is 1.79 bits per heavy atom. The summed E-state index contributed by atoms with van der Waals surface area (Å²) in [5.41, 5.74) is 4.48. The number of piperidine rings is 1. The van der Waals surface area contributed by atoms with E-state index in [1.54, 1.807) is 0 Å². The number of hydrogen-bond donors (Lipinski definition) is 0. The molecule has 2 aromatic carbocycles. The van der Waals surface area contributed by atoms with E-state index in [1.807, 2.05) is 29.3 Å². The average molecular weight is 396 g/mol. The molecule has 152 valence electrons. The third-order valence-electron chi connectivity index (χ3n) is 5.53. The molecular weight excluding hydrogens is 370 g/mol. The summed E-state index contributed by atoms with van der Waals surface area (Å²) in [6, 6.07) is 16.4. The first-order valence-electron chi connectivity index (χ1n) is 10.1. The van der Waals surface area contributed by atoms with Gasteiger partial charge in [0.1, 0.15) is 11.9 Å². The summed E-state index contributed by atoms with van der Waals surface area (Å²) in [5.74, 6) is -1.82. The number of alkyl halides is 2. The number of rotatable bonds is 5. The van der Waals surface area contributed by atoms with Crippen LogP contribution in [-0.2, 0) is 0 Å². The number of likely N-dealkylation sites (tertiary alicyclic amines) is 1. The second-order valence-corrected chi connectivity index (χ2v) is 8.00. The minimum absolute atomic E-state index is 0.0779. The molecule has 0 amide bonds. The topological polar surface area (TPSA) is 25.4 Å². The Kier molecular flexibility index (Phi) is 5.50. The SMILES string of the molecule is Cc1c(-c2ccc(OC3CCN(CC(C)(F)F)CC3)cc2)ccc2cccnc12. The molecule has 2 heterocycles. The molecule has 0 aliphatic carbocycles. The van der Waals surface area contributed by atoms with Crippen molar-refractivity contribution in [1.82, 2.24) is 9.88 Å². The first-order chi connectivity index (χ1) is 13.9. The van der Waals surface area contributed by atoms with E-state index in [0.717, 1.165) is 53.1 Å². The van der Waals surface area contributed by atoms with Gasteiger partial charge in [-0.05, 0) is 54.7 Å². The molecule has 0 unspecified atom stereocenters. The fourth-order valence-corrected chi connectivity index (χ4v) is 4.09.